The van der Waals surface area contributed by atoms with Gasteiger partial charge in [0.25, 0.3) is 0 Å². The number of unbranched alkanes of at least 4 members (excludes halogenated alkanes) is 3. The van der Waals surface area contributed by atoms with Crippen molar-refractivity contribution in [1.82, 2.24) is 29.1 Å². The SMILES string of the molecule is Cl.NC(N)=NCCCCCCNc1ccn([C@H]2C[C@H](OP(=O)(O)OC[C@H]3O[C@@H](n4cnc5c(N)ncnc54)C[C@@H]3O)[C@@H](CO)O2)c(=O)n1. The van der Waals surface area contributed by atoms with E-state index in [2.05, 4.69) is 30.2 Å². The first kappa shape index (κ1) is 37.4. The Morgan fingerprint density at radius 1 is 1.10 bits per heavy atom. The molecule has 0 aromatic carbocycles. The fraction of sp³-hybridized carbons (Fsp3) is 0.615. The number of fused-ring (bicyclic) bond motifs is 1. The Bertz CT molecular complexity index is 1640. The number of aliphatic imine (C=N–C) groups is 1. The topological polar surface area (TPSA) is 296 Å². The number of ether oxygens (including phenoxy) is 2. The Kier molecular flexibility index (Phi) is 13.1. The molecular formula is C26H41ClN11O9P. The van der Waals surface area contributed by atoms with Crippen LogP contribution in [0.1, 0.15) is 51.0 Å². The normalized spacial score (nSPS) is 25.1. The summed E-state index contributed by atoms with van der Waals surface area (Å²) in [5.74, 6) is 0.663. The van der Waals surface area contributed by atoms with Crippen LogP contribution in [-0.4, -0.2) is 101 Å². The summed E-state index contributed by atoms with van der Waals surface area (Å²) in [5.41, 5.74) is 16.6. The number of imidazole rings is 1. The predicted molar refractivity (Wildman–Crippen MR) is 174 cm³/mol. The molecule has 0 amide bonds. The maximum absolute atomic E-state index is 12.9. The molecule has 3 aromatic heterocycles. The minimum absolute atomic E-state index is 0. The molecule has 2 aliphatic rings. The first-order chi connectivity index (χ1) is 22.5. The number of halogens is 1. The number of nitrogens with two attached hydrogens (primary N) is 3. The molecule has 5 rings (SSSR count). The van der Waals surface area contributed by atoms with Crippen LogP contribution in [0, 0.1) is 0 Å². The molecule has 3 aromatic rings. The van der Waals surface area contributed by atoms with E-state index >= 15 is 0 Å². The first-order valence-electron chi connectivity index (χ1n) is 15.1. The molecule has 0 spiro atoms. The van der Waals surface area contributed by atoms with Crippen LogP contribution in [0.15, 0.2) is 34.7 Å². The second-order valence-corrected chi connectivity index (χ2v) is 12.5. The lowest BCUT2D eigenvalue weighted by molar-refractivity contribution is -0.0564. The third-order valence-electron chi connectivity index (χ3n) is 7.76. The zero-order valence-electron chi connectivity index (χ0n) is 25.9. The van der Waals surface area contributed by atoms with Crippen molar-refractivity contribution in [3.8, 4) is 0 Å². The number of aliphatic hydroxyl groups is 2. The van der Waals surface area contributed by atoms with Crippen molar-refractivity contribution in [2.24, 2.45) is 16.5 Å². The van der Waals surface area contributed by atoms with Gasteiger partial charge in [-0.05, 0) is 18.9 Å². The highest BCUT2D eigenvalue weighted by Crippen LogP contribution is 2.49. The number of phosphoric acid groups is 1. The summed E-state index contributed by atoms with van der Waals surface area (Å²) in [6.07, 6.45) is 2.20. The van der Waals surface area contributed by atoms with Gasteiger partial charge in [-0.15, -0.1) is 12.4 Å². The number of nitrogens with zero attached hydrogens (tertiary/aromatic N) is 7. The molecule has 5 heterocycles. The molecular weight excluding hydrogens is 677 g/mol. The van der Waals surface area contributed by atoms with E-state index in [0.29, 0.717) is 30.1 Å². The first-order valence-corrected chi connectivity index (χ1v) is 16.6. The van der Waals surface area contributed by atoms with Crippen LogP contribution in [0.5, 0.6) is 0 Å². The fourth-order valence-electron chi connectivity index (χ4n) is 5.38. The van der Waals surface area contributed by atoms with Gasteiger partial charge in [-0.2, -0.15) is 4.98 Å². The lowest BCUT2D eigenvalue weighted by Gasteiger charge is -2.21. The van der Waals surface area contributed by atoms with Crippen molar-refractivity contribution in [3.63, 3.8) is 0 Å². The molecule has 20 nitrogen and oxygen atoms in total. The molecule has 0 saturated carbocycles. The molecule has 0 radical (unpaired) electrons. The van der Waals surface area contributed by atoms with Crippen LogP contribution >= 0.6 is 20.2 Å². The number of hydrogen-bond donors (Lipinski definition) is 7. The third-order valence-corrected chi connectivity index (χ3v) is 8.77. The number of nitrogens with one attached hydrogen (secondary N) is 1. The van der Waals surface area contributed by atoms with Gasteiger partial charge in [-0.1, -0.05) is 12.8 Å². The lowest BCUT2D eigenvalue weighted by Crippen LogP contribution is -2.29. The van der Waals surface area contributed by atoms with Crippen LogP contribution in [0.4, 0.5) is 11.6 Å². The maximum atomic E-state index is 12.9. The van der Waals surface area contributed by atoms with E-state index in [1.165, 1.54) is 23.4 Å². The highest BCUT2D eigenvalue weighted by Gasteiger charge is 2.43. The molecule has 2 saturated heterocycles. The average molecular weight is 718 g/mol. The average Bonchev–Trinajstić information content (AvgIpc) is 3.74. The standard InChI is InChI=1S/C26H40N11O9P.ClH/c27-23-22-24(33-13-32-23)37(14-34-22)20-9-15(39)18(45-20)12-43-47(41,42)46-16-10-21(44-17(16)11-38)36-8-5-19(35-26(36)40)30-6-3-1-2-4-7-31-25(28)29;/h5,8,13-18,20-21,38-39H,1-4,6-7,9-12H2,(H,41,42)(H2,27,32,33)(H4,28,29,31)(H,30,35,40);1H/t15-,16-,17+,18+,20+,21+;/m0./s1. The number of rotatable bonds is 16. The molecule has 48 heavy (non-hydrogen) atoms. The van der Waals surface area contributed by atoms with Gasteiger partial charge in [0.1, 0.15) is 48.4 Å². The monoisotopic (exact) mass is 717 g/mol. The van der Waals surface area contributed by atoms with E-state index < -0.39 is 63.6 Å². The quantitative estimate of drug-likeness (QED) is 0.0435. The van der Waals surface area contributed by atoms with Crippen LogP contribution in [-0.2, 0) is 23.1 Å². The summed E-state index contributed by atoms with van der Waals surface area (Å²) < 4.78 is 37.8. The number of guanidine groups is 1. The summed E-state index contributed by atoms with van der Waals surface area (Å²) >= 11 is 0. The number of hydrogen-bond acceptors (Lipinski definition) is 15. The van der Waals surface area contributed by atoms with Crippen LogP contribution < -0.4 is 28.2 Å². The smallest absolute Gasteiger partial charge is 0.394 e. The van der Waals surface area contributed by atoms with E-state index in [4.69, 9.17) is 35.7 Å². The van der Waals surface area contributed by atoms with Crippen molar-refractivity contribution < 1.29 is 38.2 Å². The Labute approximate surface area is 280 Å². The predicted octanol–water partition coefficient (Wildman–Crippen LogP) is -0.237. The summed E-state index contributed by atoms with van der Waals surface area (Å²) in [5, 5.41) is 23.5. The second kappa shape index (κ2) is 16.8. The molecule has 0 aliphatic carbocycles. The molecule has 7 atom stereocenters. The van der Waals surface area contributed by atoms with Gasteiger partial charge in [0.15, 0.2) is 17.4 Å². The summed E-state index contributed by atoms with van der Waals surface area (Å²) in [6, 6.07) is 1.61. The Morgan fingerprint density at radius 3 is 2.60 bits per heavy atom. The van der Waals surface area contributed by atoms with Gasteiger partial charge in [0, 0.05) is 32.1 Å². The van der Waals surface area contributed by atoms with Crippen molar-refractivity contribution in [2.45, 2.75) is 75.4 Å². The summed E-state index contributed by atoms with van der Waals surface area (Å²) in [4.78, 5) is 43.5. The van der Waals surface area contributed by atoms with Crippen molar-refractivity contribution in [3.05, 3.63) is 35.4 Å². The van der Waals surface area contributed by atoms with Crippen molar-refractivity contribution >= 4 is 49.0 Å². The van der Waals surface area contributed by atoms with Gasteiger partial charge < -0.3 is 47.1 Å². The Balaban J connectivity index is 0.00000520. The number of aliphatic hydroxyl groups excluding tert-OH is 2. The van der Waals surface area contributed by atoms with Crippen molar-refractivity contribution in [2.75, 3.05) is 37.4 Å². The highest BCUT2D eigenvalue weighted by atomic mass is 35.5. The van der Waals surface area contributed by atoms with Crippen molar-refractivity contribution in [1.29, 1.82) is 0 Å². The molecule has 1 unspecified atom stereocenters. The van der Waals surface area contributed by atoms with E-state index in [0.717, 1.165) is 25.7 Å². The molecule has 2 aliphatic heterocycles. The van der Waals surface area contributed by atoms with E-state index in [-0.39, 0.29) is 37.0 Å². The molecule has 0 bridgehead atoms. The van der Waals surface area contributed by atoms with Gasteiger partial charge in [-0.25, -0.2) is 24.3 Å². The zero-order chi connectivity index (χ0) is 33.6. The number of phosphoric ester groups is 1. The second-order valence-electron chi connectivity index (χ2n) is 11.1. The van der Waals surface area contributed by atoms with Crippen LogP contribution in [0.2, 0.25) is 0 Å². The Hall–Kier alpha value is -3.46. The molecule has 2 fully saturated rings. The van der Waals surface area contributed by atoms with Gasteiger partial charge >= 0.3 is 13.5 Å². The lowest BCUT2D eigenvalue weighted by atomic mass is 10.2. The third kappa shape index (κ3) is 9.36. The summed E-state index contributed by atoms with van der Waals surface area (Å²) in [6.45, 7) is 0.171. The van der Waals surface area contributed by atoms with Gasteiger partial charge in [0.05, 0.1) is 25.6 Å². The van der Waals surface area contributed by atoms with E-state index in [1.54, 1.807) is 10.6 Å². The maximum Gasteiger partial charge on any atom is 0.472 e. The van der Waals surface area contributed by atoms with Gasteiger partial charge in [-0.3, -0.25) is 23.2 Å². The van der Waals surface area contributed by atoms with Crippen LogP contribution in [0.3, 0.4) is 0 Å². The van der Waals surface area contributed by atoms with E-state index in [9.17, 15) is 24.5 Å². The largest absolute Gasteiger partial charge is 0.472 e. The fourth-order valence-corrected chi connectivity index (χ4v) is 6.34. The molecule has 10 N–H and O–H groups in total. The van der Waals surface area contributed by atoms with Crippen LogP contribution in [0.25, 0.3) is 11.2 Å². The highest BCUT2D eigenvalue weighted by molar-refractivity contribution is 7.47. The number of aromatic nitrogens is 6. The molecule has 22 heteroatoms. The number of anilines is 2. The number of nitrogen functional groups attached to an aromatic ring is 1. The minimum atomic E-state index is -4.73. The summed E-state index contributed by atoms with van der Waals surface area (Å²) in [7, 11) is -4.73. The minimum Gasteiger partial charge on any atom is -0.394 e. The molecule has 266 valence electrons. The zero-order valence-corrected chi connectivity index (χ0v) is 27.6. The van der Waals surface area contributed by atoms with Gasteiger partial charge in [0.2, 0.25) is 0 Å². The Morgan fingerprint density at radius 2 is 1.85 bits per heavy atom. The van der Waals surface area contributed by atoms with E-state index in [1.807, 2.05) is 0 Å².